The second-order valence-corrected chi connectivity index (χ2v) is 7.20. The molecule has 0 saturated carbocycles. The molecule has 1 aliphatic heterocycles. The Hall–Kier alpha value is -2.05. The Labute approximate surface area is 158 Å². The lowest BCUT2D eigenvalue weighted by molar-refractivity contribution is 0.169. The van der Waals surface area contributed by atoms with Crippen LogP contribution in [0.1, 0.15) is 25.0 Å². The third kappa shape index (κ3) is 5.47. The zero-order valence-corrected chi connectivity index (χ0v) is 15.4. The number of aromatic nitrogens is 1. The molecule has 2 aromatic rings. The zero-order valence-electron chi connectivity index (χ0n) is 14.7. The van der Waals surface area contributed by atoms with Gasteiger partial charge in [0.25, 0.3) is 0 Å². The number of hydrogen-bond acceptors (Lipinski definition) is 4. The maximum Gasteiger partial charge on any atom is 0.404 e. The topological polar surface area (TPSA) is 78.6 Å². The van der Waals surface area contributed by atoms with Gasteiger partial charge in [-0.15, -0.1) is 0 Å². The van der Waals surface area contributed by atoms with Gasteiger partial charge in [-0.2, -0.15) is 0 Å². The molecule has 0 atom stereocenters. The number of carbonyl (C=O) groups is 1. The van der Waals surface area contributed by atoms with E-state index in [1.165, 1.54) is 0 Å². The molecule has 1 aromatic heterocycles. The van der Waals surface area contributed by atoms with Gasteiger partial charge in [-0.25, -0.2) is 4.79 Å². The van der Waals surface area contributed by atoms with E-state index in [1.54, 1.807) is 0 Å². The summed E-state index contributed by atoms with van der Waals surface area (Å²) >= 11 is 5.91. The zero-order chi connectivity index (χ0) is 18.4. The molecule has 0 spiro atoms. The Bertz CT molecular complexity index is 709. The summed E-state index contributed by atoms with van der Waals surface area (Å²) in [5, 5.41) is 16.0. The minimum Gasteiger partial charge on any atom is -0.465 e. The number of amides is 1. The SMILES string of the molecule is O=C(O)NCC1CCN(CCCc2cc(-c3ccc(Cl)cc3)on2)CC1. The Kier molecular flexibility index (Phi) is 6.52. The quantitative estimate of drug-likeness (QED) is 0.764. The highest BCUT2D eigenvalue weighted by Gasteiger charge is 2.19. The van der Waals surface area contributed by atoms with Crippen LogP contribution in [0.2, 0.25) is 5.02 Å². The molecule has 0 bridgehead atoms. The Morgan fingerprint density at radius 1 is 1.31 bits per heavy atom. The van der Waals surface area contributed by atoms with Crippen molar-refractivity contribution >= 4 is 17.7 Å². The second-order valence-electron chi connectivity index (χ2n) is 6.76. The molecule has 0 unspecified atom stereocenters. The van der Waals surface area contributed by atoms with E-state index in [9.17, 15) is 4.79 Å². The van der Waals surface area contributed by atoms with Gasteiger partial charge in [-0.3, -0.25) is 0 Å². The molecule has 1 fully saturated rings. The molecule has 140 valence electrons. The molecule has 0 radical (unpaired) electrons. The fraction of sp³-hybridized carbons (Fsp3) is 0.474. The molecule has 2 N–H and O–H groups in total. The third-order valence-corrected chi connectivity index (χ3v) is 5.10. The van der Waals surface area contributed by atoms with Crippen LogP contribution >= 0.6 is 11.6 Å². The van der Waals surface area contributed by atoms with Gasteiger partial charge in [0, 0.05) is 23.2 Å². The average Bonchev–Trinajstić information content (AvgIpc) is 3.10. The molecule has 6 nitrogen and oxygen atoms in total. The van der Waals surface area contributed by atoms with Gasteiger partial charge in [-0.1, -0.05) is 16.8 Å². The van der Waals surface area contributed by atoms with Gasteiger partial charge < -0.3 is 19.8 Å². The van der Waals surface area contributed by atoms with Crippen molar-refractivity contribution in [3.05, 3.63) is 41.0 Å². The normalized spacial score (nSPS) is 15.9. The summed E-state index contributed by atoms with van der Waals surface area (Å²) in [5.41, 5.74) is 1.95. The first-order chi connectivity index (χ1) is 12.6. The smallest absolute Gasteiger partial charge is 0.404 e. The number of halogens is 1. The average molecular weight is 378 g/mol. The number of aryl methyl sites for hydroxylation is 1. The van der Waals surface area contributed by atoms with Crippen LogP contribution in [0.3, 0.4) is 0 Å². The summed E-state index contributed by atoms with van der Waals surface area (Å²) in [6.07, 6.45) is 3.08. The first-order valence-corrected chi connectivity index (χ1v) is 9.38. The molecule has 1 aromatic carbocycles. The monoisotopic (exact) mass is 377 g/mol. The number of carboxylic acid groups (broad SMARTS) is 1. The number of hydrogen-bond donors (Lipinski definition) is 2. The fourth-order valence-electron chi connectivity index (χ4n) is 3.31. The van der Waals surface area contributed by atoms with Gasteiger partial charge in [0.1, 0.15) is 0 Å². The molecular formula is C19H24ClN3O3. The minimum atomic E-state index is -0.932. The van der Waals surface area contributed by atoms with E-state index < -0.39 is 6.09 Å². The molecule has 0 aliphatic carbocycles. The summed E-state index contributed by atoms with van der Waals surface area (Å²) in [6, 6.07) is 9.53. The molecule has 1 aliphatic rings. The highest BCUT2D eigenvalue weighted by atomic mass is 35.5. The Morgan fingerprint density at radius 3 is 2.73 bits per heavy atom. The number of rotatable bonds is 7. The third-order valence-electron chi connectivity index (χ3n) is 4.84. The van der Waals surface area contributed by atoms with E-state index in [4.69, 9.17) is 21.2 Å². The number of likely N-dealkylation sites (tertiary alicyclic amines) is 1. The van der Waals surface area contributed by atoms with Crippen LogP contribution < -0.4 is 5.32 Å². The highest BCUT2D eigenvalue weighted by Crippen LogP contribution is 2.23. The highest BCUT2D eigenvalue weighted by molar-refractivity contribution is 6.30. The van der Waals surface area contributed by atoms with Crippen molar-refractivity contribution in [1.29, 1.82) is 0 Å². The van der Waals surface area contributed by atoms with Crippen LogP contribution in [0.25, 0.3) is 11.3 Å². The number of piperidine rings is 1. The van der Waals surface area contributed by atoms with Crippen LogP contribution in [-0.2, 0) is 6.42 Å². The van der Waals surface area contributed by atoms with E-state index in [2.05, 4.69) is 15.4 Å². The number of nitrogens with one attached hydrogen (secondary N) is 1. The summed E-state index contributed by atoms with van der Waals surface area (Å²) in [7, 11) is 0. The number of nitrogens with zero attached hydrogens (tertiary/aromatic N) is 2. The Morgan fingerprint density at radius 2 is 2.04 bits per heavy atom. The standard InChI is InChI=1S/C19H24ClN3O3/c20-16-5-3-15(4-6-16)18-12-17(22-26-18)2-1-9-23-10-7-14(8-11-23)13-21-19(24)25/h3-6,12,14,21H,1-2,7-11,13H2,(H,24,25). The van der Waals surface area contributed by atoms with E-state index in [1.807, 2.05) is 30.3 Å². The predicted octanol–water partition coefficient (Wildman–Crippen LogP) is 3.91. The summed E-state index contributed by atoms with van der Waals surface area (Å²) < 4.78 is 5.43. The van der Waals surface area contributed by atoms with E-state index in [-0.39, 0.29) is 0 Å². The predicted molar refractivity (Wildman–Crippen MR) is 100 cm³/mol. The largest absolute Gasteiger partial charge is 0.465 e. The molecule has 3 rings (SSSR count). The summed E-state index contributed by atoms with van der Waals surface area (Å²) in [5.74, 6) is 1.23. The molecule has 26 heavy (non-hydrogen) atoms. The first-order valence-electron chi connectivity index (χ1n) is 9.01. The van der Waals surface area contributed by atoms with Gasteiger partial charge in [0.15, 0.2) is 5.76 Å². The van der Waals surface area contributed by atoms with Crippen molar-refractivity contribution in [3.63, 3.8) is 0 Å². The molecule has 7 heteroatoms. The second kappa shape index (κ2) is 9.05. The van der Waals surface area contributed by atoms with Crippen LogP contribution in [0.15, 0.2) is 34.9 Å². The minimum absolute atomic E-state index is 0.458. The lowest BCUT2D eigenvalue weighted by Gasteiger charge is -2.31. The molecular weight excluding hydrogens is 354 g/mol. The Balaban J connectivity index is 1.38. The first kappa shape index (κ1) is 18.7. The van der Waals surface area contributed by atoms with Crippen molar-refractivity contribution in [1.82, 2.24) is 15.4 Å². The van der Waals surface area contributed by atoms with Crippen LogP contribution in [0, 0.1) is 5.92 Å². The number of benzene rings is 1. The lowest BCUT2D eigenvalue weighted by atomic mass is 9.96. The van der Waals surface area contributed by atoms with Crippen molar-refractivity contribution in [2.75, 3.05) is 26.2 Å². The van der Waals surface area contributed by atoms with Crippen molar-refractivity contribution in [2.24, 2.45) is 5.92 Å². The van der Waals surface area contributed by atoms with Gasteiger partial charge in [-0.05, 0) is 75.5 Å². The van der Waals surface area contributed by atoms with E-state index in [0.29, 0.717) is 17.5 Å². The van der Waals surface area contributed by atoms with Crippen molar-refractivity contribution in [3.8, 4) is 11.3 Å². The van der Waals surface area contributed by atoms with E-state index >= 15 is 0 Å². The van der Waals surface area contributed by atoms with E-state index in [0.717, 1.165) is 62.3 Å². The fourth-order valence-corrected chi connectivity index (χ4v) is 3.44. The lowest BCUT2D eigenvalue weighted by Crippen LogP contribution is -2.38. The van der Waals surface area contributed by atoms with Gasteiger partial charge in [0.2, 0.25) is 0 Å². The van der Waals surface area contributed by atoms with Crippen molar-refractivity contribution in [2.45, 2.75) is 25.7 Å². The van der Waals surface area contributed by atoms with Crippen molar-refractivity contribution < 1.29 is 14.4 Å². The van der Waals surface area contributed by atoms with Crippen LogP contribution in [0.4, 0.5) is 4.79 Å². The van der Waals surface area contributed by atoms with Gasteiger partial charge in [0.05, 0.1) is 5.69 Å². The molecule has 1 saturated heterocycles. The van der Waals surface area contributed by atoms with Gasteiger partial charge >= 0.3 is 6.09 Å². The van der Waals surface area contributed by atoms with Crippen LogP contribution in [-0.4, -0.2) is 47.4 Å². The summed E-state index contributed by atoms with van der Waals surface area (Å²) in [4.78, 5) is 13.0. The summed E-state index contributed by atoms with van der Waals surface area (Å²) in [6.45, 7) is 3.65. The maximum absolute atomic E-state index is 10.5. The molecule has 2 heterocycles. The molecule has 1 amide bonds. The van der Waals surface area contributed by atoms with Crippen LogP contribution in [0.5, 0.6) is 0 Å². The maximum atomic E-state index is 10.5.